The zero-order chi connectivity index (χ0) is 26.5. The number of hydrogen-bond donors (Lipinski definition) is 1. The van der Waals surface area contributed by atoms with Crippen molar-refractivity contribution in [2.75, 3.05) is 36.4 Å². The van der Waals surface area contributed by atoms with E-state index >= 15 is 0 Å². The second kappa shape index (κ2) is 9.06. The van der Waals surface area contributed by atoms with E-state index in [0.717, 1.165) is 16.8 Å². The molecule has 0 atom stereocenters. The van der Waals surface area contributed by atoms with Crippen LogP contribution in [0.4, 0.5) is 20.6 Å². The summed E-state index contributed by atoms with van der Waals surface area (Å²) >= 11 is 0. The van der Waals surface area contributed by atoms with E-state index in [9.17, 15) is 14.0 Å². The van der Waals surface area contributed by atoms with Crippen molar-refractivity contribution in [1.82, 2.24) is 24.1 Å². The highest BCUT2D eigenvalue weighted by Crippen LogP contribution is 2.30. The van der Waals surface area contributed by atoms with Crippen molar-refractivity contribution in [3.63, 3.8) is 0 Å². The smallest absolute Gasteiger partial charge is 0.410 e. The summed E-state index contributed by atoms with van der Waals surface area (Å²) in [7, 11) is 1.79. The number of pyridine rings is 1. The van der Waals surface area contributed by atoms with Crippen LogP contribution >= 0.6 is 0 Å². The van der Waals surface area contributed by atoms with E-state index in [4.69, 9.17) is 4.74 Å². The van der Waals surface area contributed by atoms with E-state index in [2.05, 4.69) is 20.3 Å². The summed E-state index contributed by atoms with van der Waals surface area (Å²) in [6.45, 7) is 9.65. The number of nitrogens with zero attached hydrogens (tertiary/aromatic N) is 6. The minimum atomic E-state index is -0.566. The molecule has 1 aromatic carbocycles. The third-order valence-electron chi connectivity index (χ3n) is 6.20. The maximum absolute atomic E-state index is 14.7. The van der Waals surface area contributed by atoms with Gasteiger partial charge in [-0.2, -0.15) is 5.10 Å². The Kier molecular flexibility index (Phi) is 6.01. The lowest BCUT2D eigenvalue weighted by atomic mass is 10.1. The Hall–Kier alpha value is -4.15. The summed E-state index contributed by atoms with van der Waals surface area (Å²) in [6.07, 6.45) is 4.82. The first-order valence-electron chi connectivity index (χ1n) is 12.1. The molecule has 1 N–H and O–H groups in total. The monoisotopic (exact) mass is 507 g/mol. The molecular weight excluding hydrogens is 477 g/mol. The van der Waals surface area contributed by atoms with Crippen molar-refractivity contribution in [2.24, 2.45) is 7.05 Å². The van der Waals surface area contributed by atoms with Gasteiger partial charge in [-0.1, -0.05) is 0 Å². The molecule has 0 radical (unpaired) electrons. The summed E-state index contributed by atoms with van der Waals surface area (Å²) in [5, 5.41) is 8.02. The quantitative estimate of drug-likeness (QED) is 0.451. The van der Waals surface area contributed by atoms with Crippen molar-refractivity contribution >= 4 is 39.9 Å². The van der Waals surface area contributed by atoms with Crippen molar-refractivity contribution in [3.8, 4) is 0 Å². The Morgan fingerprint density at radius 3 is 2.51 bits per heavy atom. The fourth-order valence-electron chi connectivity index (χ4n) is 4.54. The average Bonchev–Trinajstić information content (AvgIpc) is 3.38. The maximum atomic E-state index is 14.7. The Labute approximate surface area is 213 Å². The van der Waals surface area contributed by atoms with Crippen LogP contribution in [0.1, 0.15) is 36.8 Å². The average molecular weight is 508 g/mol. The maximum Gasteiger partial charge on any atom is 0.410 e. The Morgan fingerprint density at radius 2 is 1.81 bits per heavy atom. The van der Waals surface area contributed by atoms with Crippen molar-refractivity contribution in [3.05, 3.63) is 53.9 Å². The molecular formula is C26H30FN7O3. The number of halogens is 1. The molecule has 3 aromatic heterocycles. The SMILES string of the molecule is Cc1cn2cc(NC(=O)c3ccc(N4CCN(C(=O)OC(C)(C)C)CC4)c4cn(C)nc34)c(F)cc2n1. The van der Waals surface area contributed by atoms with Gasteiger partial charge in [-0.15, -0.1) is 0 Å². The molecule has 1 aliphatic heterocycles. The van der Waals surface area contributed by atoms with E-state index in [1.54, 1.807) is 33.3 Å². The number of aromatic nitrogens is 4. The molecule has 11 heteroatoms. The third-order valence-corrected chi connectivity index (χ3v) is 6.20. The number of aryl methyl sites for hydroxylation is 2. The van der Waals surface area contributed by atoms with Crippen LogP contribution < -0.4 is 10.2 Å². The zero-order valence-corrected chi connectivity index (χ0v) is 21.6. The summed E-state index contributed by atoms with van der Waals surface area (Å²) < 4.78 is 23.5. The number of anilines is 2. The molecule has 0 aliphatic carbocycles. The number of amides is 2. The predicted molar refractivity (Wildman–Crippen MR) is 139 cm³/mol. The normalized spacial score (nSPS) is 14.4. The van der Waals surface area contributed by atoms with Gasteiger partial charge in [0.05, 0.1) is 16.9 Å². The number of piperazine rings is 1. The summed E-state index contributed by atoms with van der Waals surface area (Å²) in [5.41, 5.74) is 2.52. The zero-order valence-electron chi connectivity index (χ0n) is 21.6. The van der Waals surface area contributed by atoms with Crippen LogP contribution in [-0.4, -0.2) is 67.8 Å². The van der Waals surface area contributed by atoms with Gasteiger partial charge >= 0.3 is 6.09 Å². The van der Waals surface area contributed by atoms with Gasteiger partial charge in [-0.25, -0.2) is 14.2 Å². The minimum absolute atomic E-state index is 0.0568. The molecule has 4 heterocycles. The number of imidazole rings is 1. The number of nitrogens with one attached hydrogen (secondary N) is 1. The molecule has 1 aliphatic rings. The number of ether oxygens (including phenoxy) is 1. The van der Waals surface area contributed by atoms with Crippen LogP contribution in [0, 0.1) is 12.7 Å². The molecule has 37 heavy (non-hydrogen) atoms. The number of hydrogen-bond acceptors (Lipinski definition) is 6. The number of rotatable bonds is 3. The van der Waals surface area contributed by atoms with Gasteiger partial charge < -0.3 is 24.3 Å². The third kappa shape index (κ3) is 4.93. The van der Waals surface area contributed by atoms with Crippen molar-refractivity contribution in [2.45, 2.75) is 33.3 Å². The number of benzene rings is 1. The molecule has 0 spiro atoms. The highest BCUT2D eigenvalue weighted by Gasteiger charge is 2.27. The molecule has 194 valence electrons. The van der Waals surface area contributed by atoms with Crippen LogP contribution in [0.5, 0.6) is 0 Å². The summed E-state index contributed by atoms with van der Waals surface area (Å²) in [4.78, 5) is 33.8. The Balaban J connectivity index is 1.37. The molecule has 5 rings (SSSR count). The highest BCUT2D eigenvalue weighted by molar-refractivity contribution is 6.14. The topological polar surface area (TPSA) is 97.0 Å². The van der Waals surface area contributed by atoms with Gasteiger partial charge in [-0.05, 0) is 39.8 Å². The van der Waals surface area contributed by atoms with Gasteiger partial charge in [0.15, 0.2) is 5.82 Å². The van der Waals surface area contributed by atoms with Gasteiger partial charge in [0.25, 0.3) is 5.91 Å². The Morgan fingerprint density at radius 1 is 1.08 bits per heavy atom. The van der Waals surface area contributed by atoms with Crippen LogP contribution in [0.25, 0.3) is 16.6 Å². The Bertz CT molecular complexity index is 1510. The van der Waals surface area contributed by atoms with E-state index in [0.29, 0.717) is 42.9 Å². The van der Waals surface area contributed by atoms with E-state index in [1.165, 1.54) is 12.3 Å². The van der Waals surface area contributed by atoms with Crippen LogP contribution in [-0.2, 0) is 11.8 Å². The van der Waals surface area contributed by atoms with Gasteiger partial charge in [-0.3, -0.25) is 9.48 Å². The lowest BCUT2D eigenvalue weighted by molar-refractivity contribution is 0.0240. The molecule has 10 nitrogen and oxygen atoms in total. The largest absolute Gasteiger partial charge is 0.444 e. The van der Waals surface area contributed by atoms with Crippen LogP contribution in [0.2, 0.25) is 0 Å². The summed E-state index contributed by atoms with van der Waals surface area (Å²) in [6, 6.07) is 4.87. The predicted octanol–water partition coefficient (Wildman–Crippen LogP) is 3.98. The number of fused-ring (bicyclic) bond motifs is 2. The molecule has 4 aromatic rings. The molecule has 0 saturated carbocycles. The fraction of sp³-hybridized carbons (Fsp3) is 0.385. The fourth-order valence-corrected chi connectivity index (χ4v) is 4.54. The first-order valence-corrected chi connectivity index (χ1v) is 12.1. The van der Waals surface area contributed by atoms with Crippen LogP contribution in [0.3, 0.4) is 0 Å². The van der Waals surface area contributed by atoms with Crippen molar-refractivity contribution in [1.29, 1.82) is 0 Å². The van der Waals surface area contributed by atoms with Gasteiger partial charge in [0.2, 0.25) is 0 Å². The van der Waals surface area contributed by atoms with Gasteiger partial charge in [0, 0.05) is 69.0 Å². The minimum Gasteiger partial charge on any atom is -0.444 e. The second-order valence-electron chi connectivity index (χ2n) is 10.3. The standard InChI is InChI=1S/C26H30FN7O3/c1-16-13-34-15-20(19(27)12-22(34)28-16)29-24(35)17-6-7-21(18-14-31(5)30-23(17)18)32-8-10-33(11-9-32)25(36)37-26(2,3)4/h6-7,12-15H,8-11H2,1-5H3,(H,29,35). The second-order valence-corrected chi connectivity index (χ2v) is 10.3. The van der Waals surface area contributed by atoms with E-state index < -0.39 is 17.3 Å². The van der Waals surface area contributed by atoms with Crippen molar-refractivity contribution < 1.29 is 18.7 Å². The highest BCUT2D eigenvalue weighted by atomic mass is 19.1. The molecule has 1 saturated heterocycles. The first-order chi connectivity index (χ1) is 17.5. The first kappa shape index (κ1) is 24.5. The molecule has 1 fully saturated rings. The number of carbonyl (C=O) groups excluding carboxylic acids is 2. The molecule has 2 amide bonds. The molecule has 0 unspecified atom stereocenters. The lowest BCUT2D eigenvalue weighted by Crippen LogP contribution is -2.50. The van der Waals surface area contributed by atoms with Crippen LogP contribution in [0.15, 0.2) is 36.8 Å². The number of carbonyl (C=O) groups is 2. The van der Waals surface area contributed by atoms with E-state index in [-0.39, 0.29) is 11.8 Å². The van der Waals surface area contributed by atoms with E-state index in [1.807, 2.05) is 40.0 Å². The lowest BCUT2D eigenvalue weighted by Gasteiger charge is -2.37. The van der Waals surface area contributed by atoms with Gasteiger partial charge in [0.1, 0.15) is 16.8 Å². The summed E-state index contributed by atoms with van der Waals surface area (Å²) in [5.74, 6) is -1.02. The molecule has 0 bridgehead atoms.